The molecule has 1 rings (SSSR count). The molecule has 3 N–H and O–H groups in total. The molecular formula is C13H20N4O3. The van der Waals surface area contributed by atoms with Crippen LogP contribution in [0.25, 0.3) is 0 Å². The van der Waals surface area contributed by atoms with Crippen LogP contribution in [0, 0.1) is 0 Å². The highest BCUT2D eigenvalue weighted by atomic mass is 16.6. The van der Waals surface area contributed by atoms with E-state index in [-0.39, 0.29) is 18.7 Å². The standard InChI is InChI=1S/C13H20N4O3/c1-13(2,3)20-12(19)16-8-9(18)4-5-11-15-7-6-10(14)17-11/h6-7H,4-5,8H2,1-3H3,(H,16,19)(H2,14,15,17). The Kier molecular flexibility index (Phi) is 5.42. The molecule has 1 amide bonds. The van der Waals surface area contributed by atoms with Gasteiger partial charge < -0.3 is 15.8 Å². The second-order valence-corrected chi connectivity index (χ2v) is 5.29. The van der Waals surface area contributed by atoms with E-state index in [1.165, 1.54) is 0 Å². The first-order valence-corrected chi connectivity index (χ1v) is 6.32. The van der Waals surface area contributed by atoms with Gasteiger partial charge in [-0.15, -0.1) is 0 Å². The SMILES string of the molecule is CC(C)(C)OC(=O)NCC(=O)CCc1nccc(N)n1. The van der Waals surface area contributed by atoms with E-state index in [0.29, 0.717) is 18.1 Å². The van der Waals surface area contributed by atoms with Gasteiger partial charge in [0.05, 0.1) is 6.54 Å². The van der Waals surface area contributed by atoms with Gasteiger partial charge in [-0.2, -0.15) is 0 Å². The second-order valence-electron chi connectivity index (χ2n) is 5.29. The molecular weight excluding hydrogens is 260 g/mol. The predicted octanol–water partition coefficient (Wildman–Crippen LogP) is 1.09. The zero-order chi connectivity index (χ0) is 15.2. The number of nitrogens with one attached hydrogen (secondary N) is 1. The molecule has 0 saturated carbocycles. The van der Waals surface area contributed by atoms with E-state index in [4.69, 9.17) is 10.5 Å². The first-order valence-electron chi connectivity index (χ1n) is 6.32. The summed E-state index contributed by atoms with van der Waals surface area (Å²) in [5.41, 5.74) is 4.93. The molecule has 1 heterocycles. The van der Waals surface area contributed by atoms with Gasteiger partial charge >= 0.3 is 6.09 Å². The average Bonchev–Trinajstić information content (AvgIpc) is 2.32. The number of alkyl carbamates (subject to hydrolysis) is 1. The van der Waals surface area contributed by atoms with E-state index in [2.05, 4.69) is 15.3 Å². The molecule has 1 aromatic rings. The summed E-state index contributed by atoms with van der Waals surface area (Å²) in [4.78, 5) is 31.0. The predicted molar refractivity (Wildman–Crippen MR) is 74.0 cm³/mol. The molecule has 0 aliphatic heterocycles. The van der Waals surface area contributed by atoms with E-state index < -0.39 is 11.7 Å². The topological polar surface area (TPSA) is 107 Å². The summed E-state index contributed by atoms with van der Waals surface area (Å²) in [6, 6.07) is 1.58. The largest absolute Gasteiger partial charge is 0.444 e. The highest BCUT2D eigenvalue weighted by Crippen LogP contribution is 2.06. The van der Waals surface area contributed by atoms with E-state index in [0.717, 1.165) is 0 Å². The molecule has 0 saturated heterocycles. The molecule has 0 unspecified atom stereocenters. The Hall–Kier alpha value is -2.18. The van der Waals surface area contributed by atoms with Gasteiger partial charge in [0.1, 0.15) is 17.2 Å². The van der Waals surface area contributed by atoms with Gasteiger partial charge in [0.15, 0.2) is 5.78 Å². The van der Waals surface area contributed by atoms with E-state index in [9.17, 15) is 9.59 Å². The van der Waals surface area contributed by atoms with Crippen LogP contribution in [0.3, 0.4) is 0 Å². The van der Waals surface area contributed by atoms with Crippen molar-refractivity contribution in [2.45, 2.75) is 39.2 Å². The minimum atomic E-state index is -0.606. The number of aryl methyl sites for hydroxylation is 1. The zero-order valence-corrected chi connectivity index (χ0v) is 12.0. The molecule has 0 aromatic carbocycles. The lowest BCUT2D eigenvalue weighted by atomic mass is 10.2. The fraction of sp³-hybridized carbons (Fsp3) is 0.538. The van der Waals surface area contributed by atoms with Crippen molar-refractivity contribution in [1.82, 2.24) is 15.3 Å². The van der Waals surface area contributed by atoms with E-state index in [1.54, 1.807) is 33.0 Å². The smallest absolute Gasteiger partial charge is 0.408 e. The monoisotopic (exact) mass is 280 g/mol. The lowest BCUT2D eigenvalue weighted by molar-refractivity contribution is -0.118. The molecule has 0 aliphatic carbocycles. The number of nitrogens with zero attached hydrogens (tertiary/aromatic N) is 2. The first kappa shape index (κ1) is 15.9. The number of nitrogen functional groups attached to an aromatic ring is 1. The quantitative estimate of drug-likeness (QED) is 0.835. The number of ether oxygens (including phenoxy) is 1. The van der Waals surface area contributed by atoms with Crippen LogP contribution < -0.4 is 11.1 Å². The number of hydrogen-bond acceptors (Lipinski definition) is 6. The van der Waals surface area contributed by atoms with Crippen LogP contribution in [0.1, 0.15) is 33.0 Å². The lowest BCUT2D eigenvalue weighted by Gasteiger charge is -2.19. The number of carbonyl (C=O) groups excluding carboxylic acids is 2. The van der Waals surface area contributed by atoms with Crippen molar-refractivity contribution in [2.24, 2.45) is 0 Å². The van der Waals surface area contributed by atoms with Crippen molar-refractivity contribution in [3.05, 3.63) is 18.1 Å². The third kappa shape index (κ3) is 6.67. The van der Waals surface area contributed by atoms with Gasteiger partial charge in [0.2, 0.25) is 0 Å². The summed E-state index contributed by atoms with van der Waals surface area (Å²) in [5, 5.41) is 2.41. The van der Waals surface area contributed by atoms with Crippen molar-refractivity contribution in [3.63, 3.8) is 0 Å². The summed E-state index contributed by atoms with van der Waals surface area (Å²) in [5.74, 6) is 0.756. The number of nitrogens with two attached hydrogens (primary N) is 1. The number of aromatic nitrogens is 2. The minimum Gasteiger partial charge on any atom is -0.444 e. The van der Waals surface area contributed by atoms with Crippen molar-refractivity contribution in [3.8, 4) is 0 Å². The maximum Gasteiger partial charge on any atom is 0.408 e. The normalized spacial score (nSPS) is 10.9. The number of carbonyl (C=O) groups is 2. The van der Waals surface area contributed by atoms with Crippen molar-refractivity contribution >= 4 is 17.7 Å². The Morgan fingerprint density at radius 3 is 2.70 bits per heavy atom. The number of rotatable bonds is 5. The summed E-state index contributed by atoms with van der Waals surface area (Å²) >= 11 is 0. The van der Waals surface area contributed by atoms with Crippen LogP contribution in [0.5, 0.6) is 0 Å². The number of Topliss-reactive ketones (excluding diaryl/α,β-unsaturated/α-hetero) is 1. The fourth-order valence-electron chi connectivity index (χ4n) is 1.36. The molecule has 0 bridgehead atoms. The molecule has 0 spiro atoms. The maximum absolute atomic E-state index is 11.6. The molecule has 0 radical (unpaired) electrons. The van der Waals surface area contributed by atoms with Gasteiger partial charge in [-0.25, -0.2) is 14.8 Å². The van der Waals surface area contributed by atoms with E-state index >= 15 is 0 Å². The molecule has 7 heteroatoms. The number of amides is 1. The third-order valence-corrected chi connectivity index (χ3v) is 2.18. The Labute approximate surface area is 117 Å². The number of ketones is 1. The Morgan fingerprint density at radius 2 is 2.10 bits per heavy atom. The second kappa shape index (κ2) is 6.83. The minimum absolute atomic E-state index is 0.0722. The van der Waals surface area contributed by atoms with Crippen LogP contribution in [0.2, 0.25) is 0 Å². The van der Waals surface area contributed by atoms with Gasteiger partial charge in [-0.3, -0.25) is 4.79 Å². The summed E-state index contributed by atoms with van der Waals surface area (Å²) in [6.45, 7) is 5.19. The van der Waals surface area contributed by atoms with Crippen molar-refractivity contribution < 1.29 is 14.3 Å². The molecule has 1 aromatic heterocycles. The van der Waals surface area contributed by atoms with Crippen molar-refractivity contribution in [1.29, 1.82) is 0 Å². The Bertz CT molecular complexity index is 483. The Morgan fingerprint density at radius 1 is 1.40 bits per heavy atom. The summed E-state index contributed by atoms with van der Waals surface area (Å²) in [6.07, 6.45) is 1.56. The number of hydrogen-bond donors (Lipinski definition) is 2. The van der Waals surface area contributed by atoms with Crippen LogP contribution >= 0.6 is 0 Å². The maximum atomic E-state index is 11.6. The van der Waals surface area contributed by atoms with Gasteiger partial charge in [-0.1, -0.05) is 0 Å². The fourth-order valence-corrected chi connectivity index (χ4v) is 1.36. The lowest BCUT2D eigenvalue weighted by Crippen LogP contribution is -2.35. The summed E-state index contributed by atoms with van der Waals surface area (Å²) in [7, 11) is 0. The first-order chi connectivity index (χ1) is 9.26. The molecule has 7 nitrogen and oxygen atoms in total. The molecule has 110 valence electrons. The van der Waals surface area contributed by atoms with Gasteiger partial charge in [0.25, 0.3) is 0 Å². The highest BCUT2D eigenvalue weighted by Gasteiger charge is 2.16. The summed E-state index contributed by atoms with van der Waals surface area (Å²) < 4.78 is 5.02. The van der Waals surface area contributed by atoms with Crippen LogP contribution in [-0.4, -0.2) is 34.0 Å². The Balaban J connectivity index is 2.29. The molecule has 20 heavy (non-hydrogen) atoms. The van der Waals surface area contributed by atoms with Crippen LogP contribution in [0.15, 0.2) is 12.3 Å². The average molecular weight is 280 g/mol. The van der Waals surface area contributed by atoms with E-state index in [1.807, 2.05) is 0 Å². The zero-order valence-electron chi connectivity index (χ0n) is 12.0. The molecule has 0 aliphatic rings. The van der Waals surface area contributed by atoms with Gasteiger partial charge in [-0.05, 0) is 26.8 Å². The molecule has 0 atom stereocenters. The third-order valence-electron chi connectivity index (χ3n) is 2.18. The van der Waals surface area contributed by atoms with Crippen LogP contribution in [0.4, 0.5) is 10.6 Å². The molecule has 0 fully saturated rings. The van der Waals surface area contributed by atoms with Gasteiger partial charge in [0, 0.05) is 19.0 Å². The highest BCUT2D eigenvalue weighted by molar-refractivity contribution is 5.84. The van der Waals surface area contributed by atoms with Crippen LogP contribution in [-0.2, 0) is 16.0 Å². The number of anilines is 1. The van der Waals surface area contributed by atoms with Crippen molar-refractivity contribution in [2.75, 3.05) is 12.3 Å².